The van der Waals surface area contributed by atoms with Crippen molar-refractivity contribution < 1.29 is 14.3 Å². The van der Waals surface area contributed by atoms with E-state index in [9.17, 15) is 4.79 Å². The van der Waals surface area contributed by atoms with E-state index in [0.717, 1.165) is 5.56 Å². The van der Waals surface area contributed by atoms with Crippen molar-refractivity contribution in [1.82, 2.24) is 0 Å². The van der Waals surface area contributed by atoms with Crippen molar-refractivity contribution in [3.05, 3.63) is 65.2 Å². The molecule has 0 radical (unpaired) electrons. The maximum Gasteiger partial charge on any atom is 0.185 e. The van der Waals surface area contributed by atoms with Gasteiger partial charge in [-0.2, -0.15) is 0 Å². The second-order valence-electron chi connectivity index (χ2n) is 7.01. The molecule has 0 aromatic heterocycles. The fourth-order valence-corrected chi connectivity index (χ4v) is 2.43. The molecular formula is C21H22O3. The van der Waals surface area contributed by atoms with Gasteiger partial charge in [0.05, 0.1) is 13.2 Å². The number of hydrogen-bond donors (Lipinski definition) is 0. The van der Waals surface area contributed by atoms with E-state index in [4.69, 9.17) is 9.47 Å². The molecule has 124 valence electrons. The van der Waals surface area contributed by atoms with Crippen LogP contribution in [0.2, 0.25) is 0 Å². The van der Waals surface area contributed by atoms with Crippen molar-refractivity contribution in [2.24, 2.45) is 5.41 Å². The Morgan fingerprint density at radius 3 is 2.38 bits per heavy atom. The number of rotatable bonds is 3. The standard InChI is InChI=1S/C21H22O3/c1-15-4-6-16(7-5-15)8-10-18(22)17-9-11-19-20(12-17)24-14-21(2,3)13-23-19/h4-12H,13-14H2,1-3H3/b10-8+. The summed E-state index contributed by atoms with van der Waals surface area (Å²) in [6, 6.07) is 13.4. The normalized spacial score (nSPS) is 16.0. The van der Waals surface area contributed by atoms with E-state index in [-0.39, 0.29) is 11.2 Å². The lowest BCUT2D eigenvalue weighted by Crippen LogP contribution is -2.26. The number of fused-ring (bicyclic) bond motifs is 1. The molecule has 0 bridgehead atoms. The van der Waals surface area contributed by atoms with Gasteiger partial charge in [0.2, 0.25) is 0 Å². The second kappa shape index (κ2) is 6.52. The molecule has 0 saturated carbocycles. The molecule has 1 aliphatic rings. The molecule has 3 nitrogen and oxygen atoms in total. The zero-order valence-corrected chi connectivity index (χ0v) is 14.3. The highest BCUT2D eigenvalue weighted by Gasteiger charge is 2.25. The van der Waals surface area contributed by atoms with Gasteiger partial charge in [-0.1, -0.05) is 49.8 Å². The molecule has 0 N–H and O–H groups in total. The number of aryl methyl sites for hydroxylation is 1. The quantitative estimate of drug-likeness (QED) is 0.607. The Hall–Kier alpha value is -2.55. The molecule has 0 aliphatic carbocycles. The zero-order valence-electron chi connectivity index (χ0n) is 14.3. The van der Waals surface area contributed by atoms with E-state index >= 15 is 0 Å². The van der Waals surface area contributed by atoms with Crippen molar-refractivity contribution in [3.63, 3.8) is 0 Å². The van der Waals surface area contributed by atoms with Crippen LogP contribution in [0.4, 0.5) is 0 Å². The van der Waals surface area contributed by atoms with E-state index in [1.54, 1.807) is 18.2 Å². The average molecular weight is 322 g/mol. The Bertz CT molecular complexity index is 770. The van der Waals surface area contributed by atoms with E-state index in [2.05, 4.69) is 13.8 Å². The van der Waals surface area contributed by atoms with Crippen LogP contribution in [0.5, 0.6) is 11.5 Å². The molecule has 3 heteroatoms. The molecule has 0 saturated heterocycles. The van der Waals surface area contributed by atoms with Crippen LogP contribution >= 0.6 is 0 Å². The molecular weight excluding hydrogens is 300 g/mol. The molecule has 3 rings (SSSR count). The Balaban J connectivity index is 1.77. The summed E-state index contributed by atoms with van der Waals surface area (Å²) in [5.74, 6) is 1.28. The Morgan fingerprint density at radius 1 is 1.00 bits per heavy atom. The van der Waals surface area contributed by atoms with Crippen LogP contribution in [0.25, 0.3) is 6.08 Å². The van der Waals surface area contributed by atoms with E-state index in [1.807, 2.05) is 43.3 Å². The van der Waals surface area contributed by atoms with Crippen molar-refractivity contribution in [2.75, 3.05) is 13.2 Å². The van der Waals surface area contributed by atoms with E-state index in [1.165, 1.54) is 5.56 Å². The highest BCUT2D eigenvalue weighted by Crippen LogP contribution is 2.34. The summed E-state index contributed by atoms with van der Waals surface area (Å²) in [5.41, 5.74) is 2.75. The topological polar surface area (TPSA) is 35.5 Å². The maximum absolute atomic E-state index is 12.4. The summed E-state index contributed by atoms with van der Waals surface area (Å²) in [6.45, 7) is 7.39. The monoisotopic (exact) mass is 322 g/mol. The SMILES string of the molecule is Cc1ccc(/C=C/C(=O)c2ccc3c(c2)OCC(C)(C)CO3)cc1. The lowest BCUT2D eigenvalue weighted by Gasteiger charge is -2.19. The van der Waals surface area contributed by atoms with Gasteiger partial charge < -0.3 is 9.47 Å². The van der Waals surface area contributed by atoms with Gasteiger partial charge in [0.15, 0.2) is 17.3 Å². The highest BCUT2D eigenvalue weighted by molar-refractivity contribution is 6.07. The predicted octanol–water partition coefficient (Wildman–Crippen LogP) is 4.69. The number of benzene rings is 2. The summed E-state index contributed by atoms with van der Waals surface area (Å²) < 4.78 is 11.6. The number of hydrogen-bond acceptors (Lipinski definition) is 3. The van der Waals surface area contributed by atoms with Crippen LogP contribution in [0.3, 0.4) is 0 Å². The minimum Gasteiger partial charge on any atom is -0.489 e. The minimum atomic E-state index is -0.0505. The van der Waals surface area contributed by atoms with Gasteiger partial charge in [0.1, 0.15) is 0 Å². The number of ketones is 1. The van der Waals surface area contributed by atoms with Gasteiger partial charge in [0, 0.05) is 11.0 Å². The third-order valence-corrected chi connectivity index (χ3v) is 3.97. The van der Waals surface area contributed by atoms with Crippen molar-refractivity contribution >= 4 is 11.9 Å². The first-order valence-corrected chi connectivity index (χ1v) is 8.12. The maximum atomic E-state index is 12.4. The fourth-order valence-electron chi connectivity index (χ4n) is 2.43. The van der Waals surface area contributed by atoms with Gasteiger partial charge in [-0.3, -0.25) is 4.79 Å². The first-order chi connectivity index (χ1) is 11.4. The molecule has 0 atom stereocenters. The average Bonchev–Trinajstić information content (AvgIpc) is 2.72. The van der Waals surface area contributed by atoms with Gasteiger partial charge in [0.25, 0.3) is 0 Å². The summed E-state index contributed by atoms with van der Waals surface area (Å²) in [6.07, 6.45) is 3.42. The van der Waals surface area contributed by atoms with Crippen LogP contribution < -0.4 is 9.47 Å². The zero-order chi connectivity index (χ0) is 17.2. The first kappa shape index (κ1) is 16.3. The van der Waals surface area contributed by atoms with Crippen LogP contribution in [0.15, 0.2) is 48.5 Å². The van der Waals surface area contributed by atoms with E-state index < -0.39 is 0 Å². The van der Waals surface area contributed by atoms with Gasteiger partial charge in [-0.15, -0.1) is 0 Å². The third-order valence-electron chi connectivity index (χ3n) is 3.97. The molecule has 1 heterocycles. The van der Waals surface area contributed by atoms with Crippen molar-refractivity contribution in [1.29, 1.82) is 0 Å². The van der Waals surface area contributed by atoms with Crippen molar-refractivity contribution in [2.45, 2.75) is 20.8 Å². The highest BCUT2D eigenvalue weighted by atomic mass is 16.5. The fraction of sp³-hybridized carbons (Fsp3) is 0.286. The lowest BCUT2D eigenvalue weighted by molar-refractivity contribution is 0.104. The number of ether oxygens (including phenoxy) is 2. The van der Waals surface area contributed by atoms with Crippen LogP contribution in [-0.2, 0) is 0 Å². The van der Waals surface area contributed by atoms with Crippen molar-refractivity contribution in [3.8, 4) is 11.5 Å². The molecule has 0 fully saturated rings. The minimum absolute atomic E-state index is 0.0471. The van der Waals surface area contributed by atoms with E-state index in [0.29, 0.717) is 30.3 Å². The predicted molar refractivity (Wildman–Crippen MR) is 95.8 cm³/mol. The molecule has 0 unspecified atom stereocenters. The summed E-state index contributed by atoms with van der Waals surface area (Å²) in [4.78, 5) is 12.4. The first-order valence-electron chi connectivity index (χ1n) is 8.12. The van der Waals surface area contributed by atoms with Crippen LogP contribution in [-0.4, -0.2) is 19.0 Å². The van der Waals surface area contributed by atoms with Crippen LogP contribution in [0.1, 0.15) is 35.3 Å². The molecule has 2 aromatic carbocycles. The largest absolute Gasteiger partial charge is 0.489 e. The van der Waals surface area contributed by atoms with Gasteiger partial charge >= 0.3 is 0 Å². The molecule has 0 spiro atoms. The lowest BCUT2D eigenvalue weighted by atomic mass is 9.97. The Morgan fingerprint density at radius 2 is 1.67 bits per heavy atom. The summed E-state index contributed by atoms with van der Waals surface area (Å²) >= 11 is 0. The number of carbonyl (C=O) groups excluding carboxylic acids is 1. The Kier molecular flexibility index (Phi) is 4.43. The van der Waals surface area contributed by atoms with Gasteiger partial charge in [-0.25, -0.2) is 0 Å². The Labute approximate surface area is 142 Å². The molecule has 1 aliphatic heterocycles. The van der Waals surface area contributed by atoms with Gasteiger partial charge in [-0.05, 0) is 36.8 Å². The number of allylic oxidation sites excluding steroid dienone is 1. The number of carbonyl (C=O) groups is 1. The summed E-state index contributed by atoms with van der Waals surface area (Å²) in [5, 5.41) is 0. The smallest absolute Gasteiger partial charge is 0.185 e. The molecule has 2 aromatic rings. The molecule has 0 amide bonds. The summed E-state index contributed by atoms with van der Waals surface area (Å²) in [7, 11) is 0. The third kappa shape index (κ3) is 3.85. The molecule has 24 heavy (non-hydrogen) atoms. The van der Waals surface area contributed by atoms with Crippen LogP contribution in [0, 0.1) is 12.3 Å². The second-order valence-corrected chi connectivity index (χ2v) is 7.01.